The second-order valence-electron chi connectivity index (χ2n) is 4.19. The van der Waals surface area contributed by atoms with E-state index in [0.29, 0.717) is 5.75 Å². The number of allylic oxidation sites excluding steroid dienone is 1. The number of hydrogen-bond donors (Lipinski definition) is 1. The molecule has 1 atom stereocenters. The molecule has 0 heterocycles. The van der Waals surface area contributed by atoms with Crippen LogP contribution in [0.5, 0.6) is 5.75 Å². The largest absolute Gasteiger partial charge is 0.496 e. The number of methoxy groups -OCH3 is 1. The van der Waals surface area contributed by atoms with Crippen LogP contribution in [-0.4, -0.2) is 12.2 Å². The van der Waals surface area contributed by atoms with Crippen molar-refractivity contribution in [3.8, 4) is 5.75 Å². The Morgan fingerprint density at radius 3 is 2.56 bits per heavy atom. The van der Waals surface area contributed by atoms with Gasteiger partial charge in [0.2, 0.25) is 0 Å². The number of halogens is 1. The normalized spacial score (nSPS) is 14.1. The van der Waals surface area contributed by atoms with Crippen molar-refractivity contribution < 1.29 is 14.2 Å². The van der Waals surface area contributed by atoms with Gasteiger partial charge in [0.05, 0.1) is 12.7 Å². The van der Waals surface area contributed by atoms with E-state index in [2.05, 4.69) is 0 Å². The predicted octanol–water partition coefficient (Wildman–Crippen LogP) is 3.01. The van der Waals surface area contributed by atoms with Crippen LogP contribution in [0.15, 0.2) is 29.8 Å². The lowest BCUT2D eigenvalue weighted by Crippen LogP contribution is -2.21. The SMILES string of the molecule is COc1cccc(F)c1C(C)(O)C=C(C)C. The molecule has 1 unspecified atom stereocenters. The Hall–Kier alpha value is -1.35. The maximum Gasteiger partial charge on any atom is 0.133 e. The van der Waals surface area contributed by atoms with Crippen molar-refractivity contribution in [1.82, 2.24) is 0 Å². The van der Waals surface area contributed by atoms with Crippen LogP contribution in [0.1, 0.15) is 26.3 Å². The van der Waals surface area contributed by atoms with Crippen molar-refractivity contribution in [3.05, 3.63) is 41.2 Å². The lowest BCUT2D eigenvalue weighted by molar-refractivity contribution is 0.102. The van der Waals surface area contributed by atoms with E-state index in [0.717, 1.165) is 5.57 Å². The zero-order chi connectivity index (χ0) is 12.3. The van der Waals surface area contributed by atoms with Crippen LogP contribution < -0.4 is 4.74 Å². The molecule has 0 saturated heterocycles. The number of rotatable bonds is 3. The van der Waals surface area contributed by atoms with E-state index >= 15 is 0 Å². The summed E-state index contributed by atoms with van der Waals surface area (Å²) in [6.07, 6.45) is 1.61. The van der Waals surface area contributed by atoms with Gasteiger partial charge in [-0.1, -0.05) is 17.7 Å². The summed E-state index contributed by atoms with van der Waals surface area (Å²) in [6.45, 7) is 5.24. The van der Waals surface area contributed by atoms with Crippen LogP contribution >= 0.6 is 0 Å². The molecule has 0 spiro atoms. The summed E-state index contributed by atoms with van der Waals surface area (Å²) in [5.74, 6) is -0.121. The first-order chi connectivity index (χ1) is 7.38. The van der Waals surface area contributed by atoms with Gasteiger partial charge in [0.25, 0.3) is 0 Å². The van der Waals surface area contributed by atoms with Gasteiger partial charge in [0.1, 0.15) is 17.2 Å². The Labute approximate surface area is 95.4 Å². The van der Waals surface area contributed by atoms with E-state index in [1.54, 1.807) is 25.1 Å². The van der Waals surface area contributed by atoms with Crippen LogP contribution in [0, 0.1) is 5.82 Å². The molecule has 0 amide bonds. The molecule has 0 aliphatic heterocycles. The molecule has 16 heavy (non-hydrogen) atoms. The van der Waals surface area contributed by atoms with Crippen LogP contribution in [0.25, 0.3) is 0 Å². The van der Waals surface area contributed by atoms with E-state index in [1.807, 2.05) is 13.8 Å². The Morgan fingerprint density at radius 1 is 1.44 bits per heavy atom. The second-order valence-corrected chi connectivity index (χ2v) is 4.19. The van der Waals surface area contributed by atoms with Crippen molar-refractivity contribution in [2.45, 2.75) is 26.4 Å². The summed E-state index contributed by atoms with van der Waals surface area (Å²) in [5, 5.41) is 10.3. The van der Waals surface area contributed by atoms with Gasteiger partial charge in [-0.15, -0.1) is 0 Å². The fourth-order valence-corrected chi connectivity index (χ4v) is 1.80. The molecule has 0 aliphatic carbocycles. The molecule has 1 aromatic rings. The predicted molar refractivity (Wildman–Crippen MR) is 62.0 cm³/mol. The zero-order valence-electron chi connectivity index (χ0n) is 10.0. The molecule has 0 saturated carbocycles. The highest BCUT2D eigenvalue weighted by Gasteiger charge is 2.27. The Kier molecular flexibility index (Phi) is 3.70. The van der Waals surface area contributed by atoms with Gasteiger partial charge >= 0.3 is 0 Å². The first-order valence-corrected chi connectivity index (χ1v) is 5.10. The molecule has 1 aromatic carbocycles. The summed E-state index contributed by atoms with van der Waals surface area (Å²) in [6, 6.07) is 4.49. The van der Waals surface area contributed by atoms with E-state index in [-0.39, 0.29) is 5.56 Å². The van der Waals surface area contributed by atoms with Crippen molar-refractivity contribution in [2.24, 2.45) is 0 Å². The smallest absolute Gasteiger partial charge is 0.133 e. The molecule has 1 N–H and O–H groups in total. The molecule has 0 radical (unpaired) electrons. The van der Waals surface area contributed by atoms with Gasteiger partial charge < -0.3 is 9.84 Å². The van der Waals surface area contributed by atoms with Crippen LogP contribution in [0.4, 0.5) is 4.39 Å². The maximum atomic E-state index is 13.7. The van der Waals surface area contributed by atoms with Gasteiger partial charge in [0, 0.05) is 0 Å². The maximum absolute atomic E-state index is 13.7. The minimum atomic E-state index is -1.37. The molecule has 0 aromatic heterocycles. The first-order valence-electron chi connectivity index (χ1n) is 5.10. The molecule has 3 heteroatoms. The Bertz CT molecular complexity index is 404. The molecule has 2 nitrogen and oxygen atoms in total. The molecule has 0 bridgehead atoms. The van der Waals surface area contributed by atoms with Gasteiger partial charge in [-0.2, -0.15) is 0 Å². The van der Waals surface area contributed by atoms with Crippen LogP contribution in [0.2, 0.25) is 0 Å². The zero-order valence-corrected chi connectivity index (χ0v) is 10.0. The summed E-state index contributed by atoms with van der Waals surface area (Å²) in [7, 11) is 1.46. The van der Waals surface area contributed by atoms with E-state index in [9.17, 15) is 9.50 Å². The summed E-state index contributed by atoms with van der Waals surface area (Å²) in [4.78, 5) is 0. The monoisotopic (exact) mass is 224 g/mol. The van der Waals surface area contributed by atoms with E-state index < -0.39 is 11.4 Å². The topological polar surface area (TPSA) is 29.5 Å². The lowest BCUT2D eigenvalue weighted by atomic mass is 9.92. The minimum Gasteiger partial charge on any atom is -0.496 e. The average Bonchev–Trinajstić information content (AvgIpc) is 2.14. The number of benzene rings is 1. The molecular weight excluding hydrogens is 207 g/mol. The number of hydrogen-bond acceptors (Lipinski definition) is 2. The van der Waals surface area contributed by atoms with Crippen LogP contribution in [0.3, 0.4) is 0 Å². The molecular formula is C13H17FO2. The highest BCUT2D eigenvalue weighted by atomic mass is 19.1. The van der Waals surface area contributed by atoms with Gasteiger partial charge in [0.15, 0.2) is 0 Å². The second kappa shape index (κ2) is 4.66. The van der Waals surface area contributed by atoms with Crippen molar-refractivity contribution in [2.75, 3.05) is 7.11 Å². The van der Waals surface area contributed by atoms with E-state index in [1.165, 1.54) is 13.2 Å². The van der Waals surface area contributed by atoms with Crippen molar-refractivity contribution >= 4 is 0 Å². The highest BCUT2D eigenvalue weighted by molar-refractivity contribution is 5.41. The average molecular weight is 224 g/mol. The third-order valence-corrected chi connectivity index (χ3v) is 2.27. The van der Waals surface area contributed by atoms with Crippen LogP contribution in [-0.2, 0) is 5.60 Å². The third-order valence-electron chi connectivity index (χ3n) is 2.27. The lowest BCUT2D eigenvalue weighted by Gasteiger charge is -2.23. The first kappa shape index (κ1) is 12.7. The minimum absolute atomic E-state index is 0.165. The van der Waals surface area contributed by atoms with E-state index in [4.69, 9.17) is 4.74 Å². The Morgan fingerprint density at radius 2 is 2.06 bits per heavy atom. The van der Waals surface area contributed by atoms with Gasteiger partial charge in [-0.3, -0.25) is 0 Å². The molecule has 0 aliphatic rings. The van der Waals surface area contributed by atoms with Crippen molar-refractivity contribution in [1.29, 1.82) is 0 Å². The molecule has 1 rings (SSSR count). The summed E-state index contributed by atoms with van der Waals surface area (Å²) < 4.78 is 18.8. The quantitative estimate of drug-likeness (QED) is 0.800. The summed E-state index contributed by atoms with van der Waals surface area (Å²) >= 11 is 0. The Balaban J connectivity index is 3.36. The fourth-order valence-electron chi connectivity index (χ4n) is 1.80. The molecule has 88 valence electrons. The van der Waals surface area contributed by atoms with Crippen molar-refractivity contribution in [3.63, 3.8) is 0 Å². The number of ether oxygens (including phenoxy) is 1. The number of aliphatic hydroxyl groups is 1. The summed E-state index contributed by atoms with van der Waals surface area (Å²) in [5.41, 5.74) is -0.288. The van der Waals surface area contributed by atoms with Gasteiger partial charge in [-0.25, -0.2) is 4.39 Å². The van der Waals surface area contributed by atoms with Gasteiger partial charge in [-0.05, 0) is 32.9 Å². The third kappa shape index (κ3) is 2.61. The molecule has 0 fully saturated rings. The highest BCUT2D eigenvalue weighted by Crippen LogP contribution is 2.33. The fraction of sp³-hybridized carbons (Fsp3) is 0.385. The standard InChI is InChI=1S/C13H17FO2/c1-9(2)8-13(3,15)12-10(14)6-5-7-11(12)16-4/h5-8,15H,1-4H3.